The van der Waals surface area contributed by atoms with Gasteiger partial charge in [0.15, 0.2) is 0 Å². The van der Waals surface area contributed by atoms with Gasteiger partial charge in [-0.05, 0) is 43.2 Å². The fourth-order valence-electron chi connectivity index (χ4n) is 2.60. The van der Waals surface area contributed by atoms with Crippen LogP contribution in [0.25, 0.3) is 5.52 Å². The number of nitrogens with two attached hydrogens (primary N) is 1. The van der Waals surface area contributed by atoms with E-state index in [4.69, 9.17) is 5.73 Å². The van der Waals surface area contributed by atoms with E-state index in [0.29, 0.717) is 22.3 Å². The molecule has 4 heteroatoms. The quantitative estimate of drug-likeness (QED) is 0.736. The Hall–Kier alpha value is -3.06. The molecule has 2 N–H and O–H groups in total. The van der Waals surface area contributed by atoms with Gasteiger partial charge in [-0.25, -0.2) is 0 Å². The number of anilines is 1. The molecule has 0 aliphatic heterocycles. The van der Waals surface area contributed by atoms with E-state index in [1.807, 2.05) is 38.1 Å². The summed E-state index contributed by atoms with van der Waals surface area (Å²) in [5.41, 5.74) is 10.4. The van der Waals surface area contributed by atoms with Crippen molar-refractivity contribution in [3.63, 3.8) is 0 Å². The van der Waals surface area contributed by atoms with Crippen molar-refractivity contribution < 1.29 is 4.79 Å². The Bertz CT molecular complexity index is 945. The van der Waals surface area contributed by atoms with Gasteiger partial charge in [-0.3, -0.25) is 4.79 Å². The van der Waals surface area contributed by atoms with E-state index in [1.165, 1.54) is 0 Å². The lowest BCUT2D eigenvalue weighted by Gasteiger charge is -2.06. The molecule has 0 saturated carbocycles. The topological polar surface area (TPSA) is 71.3 Å². The van der Waals surface area contributed by atoms with Crippen molar-refractivity contribution in [2.45, 2.75) is 13.8 Å². The zero-order chi connectivity index (χ0) is 15.9. The second-order valence-corrected chi connectivity index (χ2v) is 5.33. The van der Waals surface area contributed by atoms with Crippen LogP contribution in [0, 0.1) is 25.2 Å². The maximum absolute atomic E-state index is 12.9. The van der Waals surface area contributed by atoms with Gasteiger partial charge in [0.25, 0.3) is 0 Å². The summed E-state index contributed by atoms with van der Waals surface area (Å²) in [5, 5.41) is 9.31. The van der Waals surface area contributed by atoms with Crippen LogP contribution in [0.3, 0.4) is 0 Å². The first-order valence-corrected chi connectivity index (χ1v) is 6.95. The maximum atomic E-state index is 12.9. The SMILES string of the molecule is Cc1ccc(C(=O)c2c(N)c(C#N)c3ccccn23)cc1C. The summed E-state index contributed by atoms with van der Waals surface area (Å²) in [5.74, 6) is -0.178. The standard InChI is InChI=1S/C18H15N3O/c1-11-6-7-13(9-12(11)2)18(22)17-16(20)14(10-19)15-5-3-4-8-21(15)17/h3-9H,20H2,1-2H3. The second-order valence-electron chi connectivity index (χ2n) is 5.33. The van der Waals surface area contributed by atoms with E-state index in [0.717, 1.165) is 11.1 Å². The zero-order valence-electron chi connectivity index (χ0n) is 12.4. The molecular weight excluding hydrogens is 274 g/mol. The van der Waals surface area contributed by atoms with Crippen LogP contribution in [0.1, 0.15) is 32.7 Å². The van der Waals surface area contributed by atoms with Gasteiger partial charge in [-0.1, -0.05) is 18.2 Å². The number of aryl methyl sites for hydroxylation is 2. The van der Waals surface area contributed by atoms with Crippen molar-refractivity contribution in [1.82, 2.24) is 4.40 Å². The molecule has 0 atom stereocenters. The van der Waals surface area contributed by atoms with E-state index in [1.54, 1.807) is 22.7 Å². The first kappa shape index (κ1) is 13.9. The summed E-state index contributed by atoms with van der Waals surface area (Å²) < 4.78 is 1.69. The summed E-state index contributed by atoms with van der Waals surface area (Å²) in [7, 11) is 0. The summed E-state index contributed by atoms with van der Waals surface area (Å²) in [4.78, 5) is 12.9. The molecule has 0 aliphatic carbocycles. The van der Waals surface area contributed by atoms with E-state index in [2.05, 4.69) is 6.07 Å². The Balaban J connectivity index is 2.26. The number of hydrogen-bond acceptors (Lipinski definition) is 3. The minimum Gasteiger partial charge on any atom is -0.396 e. The number of ketones is 1. The van der Waals surface area contributed by atoms with Crippen LogP contribution in [0.2, 0.25) is 0 Å². The molecule has 108 valence electrons. The number of nitriles is 1. The number of carbonyl (C=O) groups is 1. The number of nitrogen functional groups attached to an aromatic ring is 1. The predicted molar refractivity (Wildman–Crippen MR) is 85.9 cm³/mol. The second kappa shape index (κ2) is 5.05. The highest BCUT2D eigenvalue weighted by atomic mass is 16.1. The number of benzene rings is 1. The molecule has 0 unspecified atom stereocenters. The van der Waals surface area contributed by atoms with Crippen molar-refractivity contribution >= 4 is 17.0 Å². The Morgan fingerprint density at radius 1 is 1.18 bits per heavy atom. The summed E-state index contributed by atoms with van der Waals surface area (Å²) in [6.45, 7) is 3.96. The molecule has 1 aromatic carbocycles. The molecule has 0 spiro atoms. The first-order valence-electron chi connectivity index (χ1n) is 6.95. The van der Waals surface area contributed by atoms with Gasteiger partial charge in [-0.2, -0.15) is 5.26 Å². The lowest BCUT2D eigenvalue weighted by Crippen LogP contribution is -2.08. The number of fused-ring (bicyclic) bond motifs is 1. The summed E-state index contributed by atoms with van der Waals surface area (Å²) in [6.07, 6.45) is 1.75. The van der Waals surface area contributed by atoms with Gasteiger partial charge in [0, 0.05) is 11.8 Å². The molecule has 3 aromatic rings. The first-order chi connectivity index (χ1) is 10.5. The predicted octanol–water partition coefficient (Wildman–Crippen LogP) is 3.24. The highest BCUT2D eigenvalue weighted by molar-refractivity contribution is 6.13. The lowest BCUT2D eigenvalue weighted by atomic mass is 10.0. The van der Waals surface area contributed by atoms with Crippen molar-refractivity contribution in [1.29, 1.82) is 5.26 Å². The summed E-state index contributed by atoms with van der Waals surface area (Å²) >= 11 is 0. The molecule has 22 heavy (non-hydrogen) atoms. The Kier molecular flexibility index (Phi) is 3.19. The van der Waals surface area contributed by atoms with Gasteiger partial charge < -0.3 is 10.1 Å². The van der Waals surface area contributed by atoms with Crippen LogP contribution < -0.4 is 5.73 Å². The average molecular weight is 289 g/mol. The third kappa shape index (κ3) is 1.95. The van der Waals surface area contributed by atoms with Crippen molar-refractivity contribution in [2.75, 3.05) is 5.73 Å². The molecule has 3 rings (SSSR count). The van der Waals surface area contributed by atoms with Crippen LogP contribution in [0.5, 0.6) is 0 Å². The van der Waals surface area contributed by atoms with Crippen molar-refractivity contribution in [3.05, 3.63) is 70.5 Å². The maximum Gasteiger partial charge on any atom is 0.211 e. The Morgan fingerprint density at radius 2 is 1.95 bits per heavy atom. The average Bonchev–Trinajstić information content (AvgIpc) is 2.80. The molecule has 0 radical (unpaired) electrons. The number of nitrogens with zero attached hydrogens (tertiary/aromatic N) is 2. The fourth-order valence-corrected chi connectivity index (χ4v) is 2.60. The number of hydrogen-bond donors (Lipinski definition) is 1. The molecule has 0 saturated heterocycles. The zero-order valence-corrected chi connectivity index (χ0v) is 12.4. The number of aromatic nitrogens is 1. The number of pyridine rings is 1. The molecule has 2 heterocycles. The van der Waals surface area contributed by atoms with E-state index < -0.39 is 0 Å². The highest BCUT2D eigenvalue weighted by Crippen LogP contribution is 2.27. The third-order valence-corrected chi connectivity index (χ3v) is 3.98. The smallest absolute Gasteiger partial charge is 0.211 e. The van der Waals surface area contributed by atoms with Gasteiger partial charge in [-0.15, -0.1) is 0 Å². The van der Waals surface area contributed by atoms with E-state index in [9.17, 15) is 10.1 Å². The van der Waals surface area contributed by atoms with E-state index >= 15 is 0 Å². The normalized spacial score (nSPS) is 10.6. The van der Waals surface area contributed by atoms with Crippen LogP contribution in [-0.4, -0.2) is 10.2 Å². The fraction of sp³-hybridized carbons (Fsp3) is 0.111. The van der Waals surface area contributed by atoms with Crippen LogP contribution >= 0.6 is 0 Å². The Labute approximate surface area is 128 Å². The van der Waals surface area contributed by atoms with Gasteiger partial charge >= 0.3 is 0 Å². The number of rotatable bonds is 2. The van der Waals surface area contributed by atoms with Gasteiger partial charge in [0.2, 0.25) is 5.78 Å². The third-order valence-electron chi connectivity index (χ3n) is 3.98. The minimum atomic E-state index is -0.178. The minimum absolute atomic E-state index is 0.178. The van der Waals surface area contributed by atoms with Crippen molar-refractivity contribution in [3.8, 4) is 6.07 Å². The monoisotopic (exact) mass is 289 g/mol. The van der Waals surface area contributed by atoms with Gasteiger partial charge in [0.05, 0.1) is 11.2 Å². The van der Waals surface area contributed by atoms with Crippen LogP contribution in [0.4, 0.5) is 5.69 Å². The van der Waals surface area contributed by atoms with Crippen LogP contribution in [0.15, 0.2) is 42.6 Å². The highest BCUT2D eigenvalue weighted by Gasteiger charge is 2.22. The molecular formula is C18H15N3O. The largest absolute Gasteiger partial charge is 0.396 e. The van der Waals surface area contributed by atoms with Crippen LogP contribution in [-0.2, 0) is 0 Å². The lowest BCUT2D eigenvalue weighted by molar-refractivity contribution is 0.103. The van der Waals surface area contributed by atoms with Gasteiger partial charge in [0.1, 0.15) is 17.3 Å². The number of carbonyl (C=O) groups excluding carboxylic acids is 1. The summed E-state index contributed by atoms with van der Waals surface area (Å²) in [6, 6.07) is 13.1. The molecule has 0 amide bonds. The Morgan fingerprint density at radius 3 is 2.64 bits per heavy atom. The molecule has 4 nitrogen and oxygen atoms in total. The molecule has 0 bridgehead atoms. The molecule has 0 fully saturated rings. The van der Waals surface area contributed by atoms with E-state index in [-0.39, 0.29) is 11.5 Å². The van der Waals surface area contributed by atoms with Crippen molar-refractivity contribution in [2.24, 2.45) is 0 Å². The molecule has 0 aliphatic rings. The molecule has 2 aromatic heterocycles.